The number of rotatable bonds is 3. The van der Waals surface area contributed by atoms with Crippen molar-refractivity contribution in [1.29, 1.82) is 5.26 Å². The van der Waals surface area contributed by atoms with Crippen molar-refractivity contribution in [3.8, 4) is 6.07 Å². The molecule has 2 aromatic rings. The monoisotopic (exact) mass is 384 g/mol. The van der Waals surface area contributed by atoms with Gasteiger partial charge < -0.3 is 5.32 Å². The Labute approximate surface area is 151 Å². The zero-order valence-corrected chi connectivity index (χ0v) is 13.9. The topological polar surface area (TPSA) is 52.9 Å². The second-order valence-corrected chi connectivity index (χ2v) is 5.63. The molecule has 0 fully saturated rings. The first-order valence-corrected chi connectivity index (χ1v) is 7.52. The molecule has 0 aromatic heterocycles. The summed E-state index contributed by atoms with van der Waals surface area (Å²) in [6.07, 6.45) is -3.33. The summed E-state index contributed by atoms with van der Waals surface area (Å²) < 4.78 is 38.1. The van der Waals surface area contributed by atoms with Crippen LogP contribution in [0.3, 0.4) is 0 Å². The van der Waals surface area contributed by atoms with Crippen molar-refractivity contribution in [2.24, 2.45) is 0 Å². The number of halogens is 5. The molecule has 1 N–H and O–H groups in total. The molecule has 0 unspecified atom stereocenters. The van der Waals surface area contributed by atoms with Gasteiger partial charge in [0.15, 0.2) is 0 Å². The van der Waals surface area contributed by atoms with Gasteiger partial charge in [-0.3, -0.25) is 4.79 Å². The minimum Gasteiger partial charge on any atom is -0.321 e. The maximum Gasteiger partial charge on any atom is 0.416 e. The van der Waals surface area contributed by atoms with E-state index < -0.39 is 17.6 Å². The molecule has 0 bridgehead atoms. The molecule has 0 aliphatic heterocycles. The van der Waals surface area contributed by atoms with Crippen molar-refractivity contribution < 1.29 is 18.0 Å². The third-order valence-electron chi connectivity index (χ3n) is 3.09. The van der Waals surface area contributed by atoms with Gasteiger partial charge in [-0.2, -0.15) is 18.4 Å². The summed E-state index contributed by atoms with van der Waals surface area (Å²) in [5, 5.41) is 11.8. The summed E-state index contributed by atoms with van der Waals surface area (Å²) in [6, 6.07) is 10.4. The van der Waals surface area contributed by atoms with Crippen LogP contribution in [0.15, 0.2) is 48.0 Å². The number of alkyl halides is 3. The lowest BCUT2D eigenvalue weighted by atomic mass is 10.1. The molecule has 0 spiro atoms. The van der Waals surface area contributed by atoms with E-state index in [-0.39, 0.29) is 21.3 Å². The Balaban J connectivity index is 2.28. The number of hydrogen-bond donors (Lipinski definition) is 1. The minimum atomic E-state index is -4.54. The number of nitriles is 1. The van der Waals surface area contributed by atoms with Crippen molar-refractivity contribution in [3.05, 3.63) is 69.2 Å². The van der Waals surface area contributed by atoms with E-state index in [1.54, 1.807) is 18.2 Å². The third kappa shape index (κ3) is 4.75. The summed E-state index contributed by atoms with van der Waals surface area (Å²) in [7, 11) is 0. The Morgan fingerprint density at radius 3 is 2.48 bits per heavy atom. The Morgan fingerprint density at radius 2 is 1.84 bits per heavy atom. The van der Waals surface area contributed by atoms with Crippen LogP contribution >= 0.6 is 23.2 Å². The number of carbonyl (C=O) groups is 1. The number of amides is 1. The maximum absolute atomic E-state index is 12.7. The first-order chi connectivity index (χ1) is 11.7. The molecule has 25 heavy (non-hydrogen) atoms. The molecule has 0 saturated carbocycles. The average molecular weight is 385 g/mol. The number of anilines is 1. The van der Waals surface area contributed by atoms with Crippen LogP contribution in [0.5, 0.6) is 0 Å². The van der Waals surface area contributed by atoms with Crippen LogP contribution in [0.1, 0.15) is 11.1 Å². The first-order valence-electron chi connectivity index (χ1n) is 6.77. The fourth-order valence-corrected chi connectivity index (χ4v) is 2.27. The van der Waals surface area contributed by atoms with Crippen LogP contribution in [-0.2, 0) is 11.0 Å². The highest BCUT2D eigenvalue weighted by Crippen LogP contribution is 2.31. The minimum absolute atomic E-state index is 0.0850. The van der Waals surface area contributed by atoms with Crippen LogP contribution in [-0.4, -0.2) is 5.91 Å². The van der Waals surface area contributed by atoms with Crippen molar-refractivity contribution in [3.63, 3.8) is 0 Å². The van der Waals surface area contributed by atoms with E-state index in [0.717, 1.165) is 18.2 Å². The van der Waals surface area contributed by atoms with E-state index in [9.17, 15) is 18.0 Å². The van der Waals surface area contributed by atoms with Crippen LogP contribution in [0.2, 0.25) is 10.0 Å². The van der Waals surface area contributed by atoms with Gasteiger partial charge in [0.2, 0.25) is 0 Å². The molecular weight excluding hydrogens is 376 g/mol. The van der Waals surface area contributed by atoms with E-state index in [2.05, 4.69) is 5.32 Å². The Bertz CT molecular complexity index is 886. The number of benzene rings is 2. The van der Waals surface area contributed by atoms with Crippen molar-refractivity contribution in [2.45, 2.75) is 6.18 Å². The lowest BCUT2D eigenvalue weighted by Crippen LogP contribution is -2.14. The van der Waals surface area contributed by atoms with Gasteiger partial charge in [0.25, 0.3) is 5.91 Å². The molecular formula is C17H9Cl2F3N2O. The highest BCUT2D eigenvalue weighted by Gasteiger charge is 2.30. The van der Waals surface area contributed by atoms with Gasteiger partial charge in [-0.1, -0.05) is 41.4 Å². The lowest BCUT2D eigenvalue weighted by Gasteiger charge is -2.09. The molecule has 0 atom stereocenters. The number of nitrogens with zero attached hydrogens (tertiary/aromatic N) is 1. The van der Waals surface area contributed by atoms with Crippen LogP contribution in [0.4, 0.5) is 18.9 Å². The zero-order chi connectivity index (χ0) is 18.6. The molecule has 0 radical (unpaired) electrons. The SMILES string of the molecule is N#CC(=Cc1cccc(Cl)c1Cl)C(=O)Nc1cccc(C(F)(F)F)c1. The van der Waals surface area contributed by atoms with Gasteiger partial charge in [-0.15, -0.1) is 0 Å². The van der Waals surface area contributed by atoms with E-state index >= 15 is 0 Å². The molecule has 128 valence electrons. The zero-order valence-electron chi connectivity index (χ0n) is 12.4. The first kappa shape index (κ1) is 18.8. The average Bonchev–Trinajstić information content (AvgIpc) is 2.55. The van der Waals surface area contributed by atoms with Gasteiger partial charge in [-0.25, -0.2) is 0 Å². The van der Waals surface area contributed by atoms with Crippen LogP contribution < -0.4 is 5.32 Å². The summed E-state index contributed by atoms with van der Waals surface area (Å²) in [4.78, 5) is 12.1. The number of hydrogen-bond acceptors (Lipinski definition) is 2. The van der Waals surface area contributed by atoms with E-state index in [1.165, 1.54) is 18.2 Å². The normalized spacial score (nSPS) is 11.8. The predicted molar refractivity (Wildman–Crippen MR) is 90.1 cm³/mol. The summed E-state index contributed by atoms with van der Waals surface area (Å²) >= 11 is 11.8. The second kappa shape index (κ2) is 7.60. The van der Waals surface area contributed by atoms with Gasteiger partial charge in [0.05, 0.1) is 15.6 Å². The van der Waals surface area contributed by atoms with E-state index in [0.29, 0.717) is 5.56 Å². The Morgan fingerprint density at radius 1 is 1.16 bits per heavy atom. The van der Waals surface area contributed by atoms with Crippen molar-refractivity contribution in [2.75, 3.05) is 5.32 Å². The largest absolute Gasteiger partial charge is 0.416 e. The second-order valence-electron chi connectivity index (χ2n) is 4.85. The molecule has 0 aliphatic carbocycles. The Hall–Kier alpha value is -2.49. The standard InChI is InChI=1S/C17H9Cl2F3N2O/c18-14-6-1-3-10(15(14)19)7-11(9-23)16(25)24-13-5-2-4-12(8-13)17(20,21)22/h1-8H,(H,24,25). The smallest absolute Gasteiger partial charge is 0.321 e. The molecule has 0 heterocycles. The number of carbonyl (C=O) groups excluding carboxylic acids is 1. The molecule has 3 nitrogen and oxygen atoms in total. The quantitative estimate of drug-likeness (QED) is 0.556. The van der Waals surface area contributed by atoms with E-state index in [1.807, 2.05) is 0 Å². The fraction of sp³-hybridized carbons (Fsp3) is 0.0588. The molecule has 2 rings (SSSR count). The molecule has 8 heteroatoms. The molecule has 1 amide bonds. The summed E-state index contributed by atoms with van der Waals surface area (Å²) in [5.41, 5.74) is -0.990. The predicted octanol–water partition coefficient (Wildman–Crippen LogP) is 5.56. The number of nitrogens with one attached hydrogen (secondary N) is 1. The fourth-order valence-electron chi connectivity index (χ4n) is 1.91. The van der Waals surface area contributed by atoms with Crippen molar-refractivity contribution >= 4 is 40.9 Å². The van der Waals surface area contributed by atoms with Crippen LogP contribution in [0, 0.1) is 11.3 Å². The lowest BCUT2D eigenvalue weighted by molar-refractivity contribution is -0.137. The van der Waals surface area contributed by atoms with Gasteiger partial charge >= 0.3 is 6.18 Å². The Kier molecular flexibility index (Phi) is 5.73. The maximum atomic E-state index is 12.7. The molecule has 0 saturated heterocycles. The van der Waals surface area contributed by atoms with Gasteiger partial charge in [-0.05, 0) is 35.9 Å². The van der Waals surface area contributed by atoms with Crippen LogP contribution in [0.25, 0.3) is 6.08 Å². The highest BCUT2D eigenvalue weighted by molar-refractivity contribution is 6.43. The summed E-state index contributed by atoms with van der Waals surface area (Å²) in [6.45, 7) is 0. The van der Waals surface area contributed by atoms with Crippen molar-refractivity contribution in [1.82, 2.24) is 0 Å². The highest BCUT2D eigenvalue weighted by atomic mass is 35.5. The van der Waals surface area contributed by atoms with Gasteiger partial charge in [0, 0.05) is 5.69 Å². The molecule has 2 aromatic carbocycles. The molecule has 0 aliphatic rings. The van der Waals surface area contributed by atoms with Gasteiger partial charge in [0.1, 0.15) is 11.6 Å². The summed E-state index contributed by atoms with van der Waals surface area (Å²) in [5.74, 6) is -0.863. The van der Waals surface area contributed by atoms with E-state index in [4.69, 9.17) is 28.5 Å². The third-order valence-corrected chi connectivity index (χ3v) is 3.93.